The predicted octanol–water partition coefficient (Wildman–Crippen LogP) is 7.29. The van der Waals surface area contributed by atoms with Crippen molar-refractivity contribution in [3.05, 3.63) is 94.2 Å². The van der Waals surface area contributed by atoms with Crippen LogP contribution in [-0.4, -0.2) is 18.5 Å². The van der Waals surface area contributed by atoms with Crippen LogP contribution in [0.2, 0.25) is 0 Å². The second kappa shape index (κ2) is 11.2. The summed E-state index contributed by atoms with van der Waals surface area (Å²) in [6, 6.07) is 17.6. The second-order valence-electron chi connectivity index (χ2n) is 7.48. The molecule has 0 saturated carbocycles. The number of aryl methyl sites for hydroxylation is 1. The van der Waals surface area contributed by atoms with E-state index < -0.39 is 5.97 Å². The third-order valence-electron chi connectivity index (χ3n) is 4.96. The quantitative estimate of drug-likeness (QED) is 0.145. The molecule has 5 nitrogen and oxygen atoms in total. The van der Waals surface area contributed by atoms with Crippen LogP contribution in [0, 0.1) is 14.1 Å². The number of halogens is 3. The van der Waals surface area contributed by atoms with Crippen molar-refractivity contribution in [2.75, 3.05) is 6.61 Å². The van der Waals surface area contributed by atoms with Gasteiger partial charge in [0.15, 0.2) is 17.2 Å². The number of hydrogen-bond donors (Lipinski definition) is 0. The van der Waals surface area contributed by atoms with Gasteiger partial charge in [-0.2, -0.15) is 0 Å². The van der Waals surface area contributed by atoms with Crippen molar-refractivity contribution in [3.63, 3.8) is 0 Å². The molecule has 1 aliphatic heterocycles. The minimum Gasteiger partial charge on any atom is -0.490 e. The molecule has 0 amide bonds. The molecule has 0 saturated heterocycles. The van der Waals surface area contributed by atoms with Gasteiger partial charge in [0, 0.05) is 13.6 Å². The first kappa shape index (κ1) is 25.2. The van der Waals surface area contributed by atoms with Crippen LogP contribution in [0.15, 0.2) is 69.8 Å². The van der Waals surface area contributed by atoms with E-state index in [1.54, 1.807) is 6.08 Å². The van der Waals surface area contributed by atoms with Crippen molar-refractivity contribution in [1.82, 2.24) is 0 Å². The molecule has 0 spiro atoms. The van der Waals surface area contributed by atoms with Crippen LogP contribution in [-0.2, 0) is 16.1 Å². The molecule has 0 bridgehead atoms. The number of benzene rings is 3. The number of carbonyl (C=O) groups excluding carboxylic acids is 1. The first-order valence-corrected chi connectivity index (χ1v) is 13.4. The molecule has 174 valence electrons. The van der Waals surface area contributed by atoms with Gasteiger partial charge >= 0.3 is 5.97 Å². The molecule has 3 aromatic carbocycles. The Labute approximate surface area is 234 Å². The van der Waals surface area contributed by atoms with Gasteiger partial charge in [-0.05, 0) is 124 Å². The lowest BCUT2D eigenvalue weighted by molar-refractivity contribution is -0.129. The van der Waals surface area contributed by atoms with E-state index in [0.29, 0.717) is 30.6 Å². The zero-order valence-corrected chi connectivity index (χ0v) is 24.3. The zero-order valence-electron chi connectivity index (χ0n) is 18.4. The molecule has 0 unspecified atom stereocenters. The van der Waals surface area contributed by atoms with Gasteiger partial charge in [-0.15, -0.1) is 0 Å². The maximum absolute atomic E-state index is 12.5. The highest BCUT2D eigenvalue weighted by molar-refractivity contribution is 14.1. The number of hydrogen-bond acceptors (Lipinski definition) is 5. The average Bonchev–Trinajstić information content (AvgIpc) is 3.16. The van der Waals surface area contributed by atoms with Crippen molar-refractivity contribution in [1.29, 1.82) is 0 Å². The van der Waals surface area contributed by atoms with Crippen molar-refractivity contribution < 1.29 is 19.0 Å². The van der Waals surface area contributed by atoms with Gasteiger partial charge in [0.05, 0.1) is 10.2 Å². The van der Waals surface area contributed by atoms with Crippen LogP contribution < -0.4 is 9.47 Å². The average molecular weight is 744 g/mol. The SMILES string of the molecule is CCOc1cc(/C=C2\N=C(c3ccc(I)c(C)c3)OC2=O)cc(I)c1OCc1ccc(Br)cc1. The Balaban J connectivity index is 1.61. The Hall–Kier alpha value is -1.92. The van der Waals surface area contributed by atoms with Crippen LogP contribution in [0.1, 0.15) is 29.2 Å². The molecule has 0 aliphatic carbocycles. The first-order chi connectivity index (χ1) is 16.3. The van der Waals surface area contributed by atoms with Crippen LogP contribution in [0.5, 0.6) is 11.5 Å². The number of ether oxygens (including phenoxy) is 3. The van der Waals surface area contributed by atoms with Gasteiger partial charge in [0.1, 0.15) is 6.61 Å². The number of esters is 1. The lowest BCUT2D eigenvalue weighted by Gasteiger charge is -2.15. The van der Waals surface area contributed by atoms with Gasteiger partial charge < -0.3 is 14.2 Å². The maximum Gasteiger partial charge on any atom is 0.363 e. The lowest BCUT2D eigenvalue weighted by Crippen LogP contribution is -2.06. The van der Waals surface area contributed by atoms with Crippen LogP contribution in [0.25, 0.3) is 6.08 Å². The van der Waals surface area contributed by atoms with Crippen molar-refractivity contribution in [3.8, 4) is 11.5 Å². The second-order valence-corrected chi connectivity index (χ2v) is 10.7. The summed E-state index contributed by atoms with van der Waals surface area (Å²) in [5.41, 5.74) is 3.95. The molecule has 8 heteroatoms. The van der Waals surface area contributed by atoms with E-state index in [9.17, 15) is 4.79 Å². The molecule has 0 atom stereocenters. The van der Waals surface area contributed by atoms with Gasteiger partial charge in [-0.1, -0.05) is 28.1 Å². The van der Waals surface area contributed by atoms with Crippen molar-refractivity contribution >= 4 is 79.1 Å². The molecule has 3 aromatic rings. The highest BCUT2D eigenvalue weighted by Crippen LogP contribution is 2.36. The summed E-state index contributed by atoms with van der Waals surface area (Å²) in [4.78, 5) is 16.9. The van der Waals surface area contributed by atoms with Crippen LogP contribution >= 0.6 is 61.1 Å². The first-order valence-electron chi connectivity index (χ1n) is 10.5. The molecular weight excluding hydrogens is 724 g/mol. The van der Waals surface area contributed by atoms with Gasteiger partial charge in [-0.25, -0.2) is 9.79 Å². The summed E-state index contributed by atoms with van der Waals surface area (Å²) >= 11 is 7.93. The number of cyclic esters (lactones) is 1. The van der Waals surface area contributed by atoms with Gasteiger partial charge in [-0.3, -0.25) is 0 Å². The fourth-order valence-corrected chi connectivity index (χ4v) is 4.66. The highest BCUT2D eigenvalue weighted by Gasteiger charge is 2.25. The van der Waals surface area contributed by atoms with E-state index in [2.05, 4.69) is 66.1 Å². The molecular formula is C26H20BrI2NO4. The highest BCUT2D eigenvalue weighted by atomic mass is 127. The van der Waals surface area contributed by atoms with Gasteiger partial charge in [0.2, 0.25) is 5.90 Å². The van der Waals surface area contributed by atoms with Crippen molar-refractivity contribution in [2.45, 2.75) is 20.5 Å². The fourth-order valence-electron chi connectivity index (χ4n) is 3.28. The van der Waals surface area contributed by atoms with Crippen LogP contribution in [0.4, 0.5) is 0 Å². The summed E-state index contributed by atoms with van der Waals surface area (Å²) in [5.74, 6) is 1.11. The minimum absolute atomic E-state index is 0.244. The van der Waals surface area contributed by atoms with E-state index >= 15 is 0 Å². The Kier molecular flexibility index (Phi) is 8.30. The Morgan fingerprint density at radius 1 is 1.03 bits per heavy atom. The van der Waals surface area contributed by atoms with Gasteiger partial charge in [0.25, 0.3) is 0 Å². The van der Waals surface area contributed by atoms with E-state index in [4.69, 9.17) is 14.2 Å². The third kappa shape index (κ3) is 6.01. The Bertz CT molecular complexity index is 1300. The summed E-state index contributed by atoms with van der Waals surface area (Å²) in [7, 11) is 0. The van der Waals surface area contributed by atoms with E-state index in [-0.39, 0.29) is 5.70 Å². The molecule has 1 heterocycles. The molecule has 0 N–H and O–H groups in total. The minimum atomic E-state index is -0.477. The van der Waals surface area contributed by atoms with E-state index in [1.807, 2.05) is 68.4 Å². The smallest absolute Gasteiger partial charge is 0.363 e. The Morgan fingerprint density at radius 3 is 2.50 bits per heavy atom. The molecule has 0 aromatic heterocycles. The summed E-state index contributed by atoms with van der Waals surface area (Å²) in [6.45, 7) is 4.84. The standard InChI is InChI=1S/C26H20BrI2NO4/c1-3-32-23-13-17(11-21(29)24(23)33-14-16-4-7-19(27)8-5-16)12-22-26(31)34-25(30-22)18-6-9-20(28)15(2)10-18/h4-13H,3,14H2,1-2H3/b22-12-. The lowest BCUT2D eigenvalue weighted by atomic mass is 10.1. The molecule has 0 radical (unpaired) electrons. The maximum atomic E-state index is 12.5. The number of rotatable bonds is 7. The predicted molar refractivity (Wildman–Crippen MR) is 153 cm³/mol. The summed E-state index contributed by atoms with van der Waals surface area (Å²) in [5, 5.41) is 0. The normalized spacial score (nSPS) is 14.2. The zero-order chi connectivity index (χ0) is 24.2. The number of nitrogens with zero attached hydrogens (tertiary/aromatic N) is 1. The topological polar surface area (TPSA) is 57.1 Å². The molecule has 4 rings (SSSR count). The van der Waals surface area contributed by atoms with Crippen molar-refractivity contribution in [2.24, 2.45) is 4.99 Å². The number of aliphatic imine (C=N–C) groups is 1. The van der Waals surface area contributed by atoms with E-state index in [0.717, 1.165) is 33.9 Å². The third-order valence-corrected chi connectivity index (χ3v) is 7.50. The molecule has 34 heavy (non-hydrogen) atoms. The van der Waals surface area contributed by atoms with E-state index in [1.165, 1.54) is 0 Å². The van der Waals surface area contributed by atoms with Crippen LogP contribution in [0.3, 0.4) is 0 Å². The Morgan fingerprint density at radius 2 is 1.79 bits per heavy atom. The fraction of sp³-hybridized carbons (Fsp3) is 0.154. The monoisotopic (exact) mass is 743 g/mol. The summed E-state index contributed by atoms with van der Waals surface area (Å²) in [6.07, 6.45) is 1.71. The number of carbonyl (C=O) groups is 1. The molecule has 1 aliphatic rings. The summed E-state index contributed by atoms with van der Waals surface area (Å²) < 4.78 is 20.4. The molecule has 0 fully saturated rings. The largest absolute Gasteiger partial charge is 0.490 e.